The van der Waals surface area contributed by atoms with Crippen molar-refractivity contribution in [3.63, 3.8) is 0 Å². The third-order valence-electron chi connectivity index (χ3n) is 10.5. The molecule has 1 nitrogen and oxygen atoms in total. The van der Waals surface area contributed by atoms with Crippen molar-refractivity contribution in [1.82, 2.24) is 0 Å². The molecule has 0 amide bonds. The van der Waals surface area contributed by atoms with E-state index in [1.165, 1.54) is 44.9 Å². The molecule has 0 bridgehead atoms. The fourth-order valence-electron chi connectivity index (χ4n) is 8.67. The summed E-state index contributed by atoms with van der Waals surface area (Å²) in [6, 6.07) is 0. The Kier molecular flexibility index (Phi) is 5.87. The quantitative estimate of drug-likeness (QED) is 0.452. The lowest BCUT2D eigenvalue weighted by molar-refractivity contribution is 0.0159. The largest absolute Gasteiger partial charge is 0.392 e. The van der Waals surface area contributed by atoms with Crippen molar-refractivity contribution in [2.24, 2.45) is 39.9 Å². The normalized spacial score (nSPS) is 41.2. The second-order valence-corrected chi connectivity index (χ2v) is 13.0. The molecule has 4 aliphatic rings. The highest BCUT2D eigenvalue weighted by Crippen LogP contribution is 2.66. The first kappa shape index (κ1) is 22.6. The van der Waals surface area contributed by atoms with Crippen LogP contribution in [0.15, 0.2) is 22.8 Å². The molecule has 0 heterocycles. The van der Waals surface area contributed by atoms with Gasteiger partial charge in [-0.3, -0.25) is 0 Å². The van der Waals surface area contributed by atoms with Crippen molar-refractivity contribution in [3.8, 4) is 0 Å². The minimum atomic E-state index is -0.185. The maximum Gasteiger partial charge on any atom is 0.0629 e. The van der Waals surface area contributed by atoms with Crippen LogP contribution in [0.5, 0.6) is 0 Å². The zero-order valence-corrected chi connectivity index (χ0v) is 21.0. The minimum absolute atomic E-state index is 0.0740. The van der Waals surface area contributed by atoms with Crippen LogP contribution in [0.3, 0.4) is 0 Å². The van der Waals surface area contributed by atoms with Crippen LogP contribution in [0.4, 0.5) is 0 Å². The predicted octanol–water partition coefficient (Wildman–Crippen LogP) is 8.09. The number of hydrogen-bond acceptors (Lipinski definition) is 1. The molecule has 0 aromatic heterocycles. The lowest BCUT2D eigenvalue weighted by atomic mass is 9.49. The van der Waals surface area contributed by atoms with Gasteiger partial charge in [-0.15, -0.1) is 0 Å². The molecule has 0 aromatic carbocycles. The molecule has 4 rings (SSSR count). The summed E-state index contributed by atoms with van der Waals surface area (Å²) in [5.41, 5.74) is 5.83. The minimum Gasteiger partial charge on any atom is -0.392 e. The SMILES string of the molecule is CC(C)CCC[C@@H](C)[C@H]1CC[C@H]2C3=C(CC[C@]12C)[C@@]1(C)CC[C@H](O)C(C)(C)C1=CC3. The molecule has 0 saturated heterocycles. The summed E-state index contributed by atoms with van der Waals surface area (Å²) >= 11 is 0. The van der Waals surface area contributed by atoms with Gasteiger partial charge in [-0.1, -0.05) is 90.5 Å². The lowest BCUT2D eigenvalue weighted by Gasteiger charge is -2.56. The van der Waals surface area contributed by atoms with Crippen molar-refractivity contribution < 1.29 is 5.11 Å². The predicted molar refractivity (Wildman–Crippen MR) is 128 cm³/mol. The maximum atomic E-state index is 10.7. The molecule has 0 aliphatic heterocycles. The Morgan fingerprint density at radius 1 is 1.00 bits per heavy atom. The summed E-state index contributed by atoms with van der Waals surface area (Å²) in [5.74, 6) is 3.43. The highest BCUT2D eigenvalue weighted by molar-refractivity contribution is 5.45. The fraction of sp³-hybridized carbons (Fsp3) is 0.862. The van der Waals surface area contributed by atoms with Crippen LogP contribution in [0.1, 0.15) is 113 Å². The van der Waals surface area contributed by atoms with Gasteiger partial charge in [0.25, 0.3) is 0 Å². The van der Waals surface area contributed by atoms with Gasteiger partial charge in [0.1, 0.15) is 0 Å². The number of hydrogen-bond donors (Lipinski definition) is 1. The maximum absolute atomic E-state index is 10.7. The Morgan fingerprint density at radius 2 is 1.73 bits per heavy atom. The molecular weight excluding hydrogens is 364 g/mol. The zero-order valence-electron chi connectivity index (χ0n) is 21.0. The van der Waals surface area contributed by atoms with E-state index in [0.29, 0.717) is 5.41 Å². The second-order valence-electron chi connectivity index (χ2n) is 13.0. The summed E-state index contributed by atoms with van der Waals surface area (Å²) < 4.78 is 0. The Bertz CT molecular complexity index is 725. The monoisotopic (exact) mass is 412 g/mol. The lowest BCUT2D eigenvalue weighted by Crippen LogP contribution is -2.48. The van der Waals surface area contributed by atoms with Gasteiger partial charge in [-0.25, -0.2) is 0 Å². The zero-order chi connectivity index (χ0) is 21.9. The second kappa shape index (κ2) is 7.79. The van der Waals surface area contributed by atoms with Gasteiger partial charge in [0.15, 0.2) is 0 Å². The number of aliphatic hydroxyl groups is 1. The van der Waals surface area contributed by atoms with Crippen LogP contribution in [-0.2, 0) is 0 Å². The topological polar surface area (TPSA) is 20.2 Å². The van der Waals surface area contributed by atoms with Gasteiger partial charge in [-0.2, -0.15) is 0 Å². The Hall–Kier alpha value is -0.560. The highest BCUT2D eigenvalue weighted by atomic mass is 16.3. The average molecular weight is 413 g/mol. The van der Waals surface area contributed by atoms with Crippen molar-refractivity contribution >= 4 is 0 Å². The first-order chi connectivity index (χ1) is 14.0. The smallest absolute Gasteiger partial charge is 0.0629 e. The van der Waals surface area contributed by atoms with Crippen LogP contribution < -0.4 is 0 Å². The van der Waals surface area contributed by atoms with E-state index in [2.05, 4.69) is 54.5 Å². The number of allylic oxidation sites excluding steroid dienone is 3. The molecule has 30 heavy (non-hydrogen) atoms. The third kappa shape index (κ3) is 3.37. The standard InChI is InChI=1S/C29H48O/c1-19(2)9-8-10-20(3)22-12-13-23-21-11-14-25-27(4,5)26(30)16-18-29(25,7)24(21)15-17-28(22,23)6/h14,19-20,22-23,26,30H,8-13,15-18H2,1-7H3/t20-,22-,23+,26+,28-,29-/m1/s1. The van der Waals surface area contributed by atoms with E-state index in [1.807, 2.05) is 5.57 Å². The molecule has 0 aromatic rings. The summed E-state index contributed by atoms with van der Waals surface area (Å²) in [6.07, 6.45) is 15.4. The van der Waals surface area contributed by atoms with Gasteiger partial charge >= 0.3 is 0 Å². The Labute approximate surface area is 186 Å². The fourth-order valence-corrected chi connectivity index (χ4v) is 8.67. The van der Waals surface area contributed by atoms with Crippen LogP contribution in [-0.4, -0.2) is 11.2 Å². The molecular formula is C29H48O. The van der Waals surface area contributed by atoms with Gasteiger partial charge in [0.2, 0.25) is 0 Å². The van der Waals surface area contributed by atoms with Crippen molar-refractivity contribution in [1.29, 1.82) is 0 Å². The molecule has 2 saturated carbocycles. The van der Waals surface area contributed by atoms with E-state index >= 15 is 0 Å². The van der Waals surface area contributed by atoms with E-state index in [0.717, 1.165) is 42.9 Å². The molecule has 2 fully saturated rings. The third-order valence-corrected chi connectivity index (χ3v) is 10.5. The average Bonchev–Trinajstić information content (AvgIpc) is 3.02. The molecule has 0 radical (unpaired) electrons. The van der Waals surface area contributed by atoms with Crippen LogP contribution in [0.25, 0.3) is 0 Å². The van der Waals surface area contributed by atoms with Gasteiger partial charge < -0.3 is 5.11 Å². The van der Waals surface area contributed by atoms with Crippen LogP contribution in [0, 0.1) is 39.9 Å². The molecule has 4 aliphatic carbocycles. The molecule has 6 atom stereocenters. The molecule has 170 valence electrons. The van der Waals surface area contributed by atoms with Gasteiger partial charge in [0, 0.05) is 10.8 Å². The summed E-state index contributed by atoms with van der Waals surface area (Å²) in [7, 11) is 0. The number of aliphatic hydroxyl groups excluding tert-OH is 1. The van der Waals surface area contributed by atoms with Gasteiger partial charge in [0.05, 0.1) is 6.10 Å². The van der Waals surface area contributed by atoms with Crippen molar-refractivity contribution in [3.05, 3.63) is 22.8 Å². The number of rotatable bonds is 5. The summed E-state index contributed by atoms with van der Waals surface area (Å²) in [5, 5.41) is 10.7. The number of fused-ring (bicyclic) bond motifs is 4. The Balaban J connectivity index is 1.57. The van der Waals surface area contributed by atoms with E-state index in [4.69, 9.17) is 0 Å². The van der Waals surface area contributed by atoms with E-state index in [9.17, 15) is 5.11 Å². The highest BCUT2D eigenvalue weighted by Gasteiger charge is 2.56. The summed E-state index contributed by atoms with van der Waals surface area (Å²) in [6.45, 7) is 17.0. The molecule has 0 unspecified atom stereocenters. The Morgan fingerprint density at radius 3 is 2.43 bits per heavy atom. The van der Waals surface area contributed by atoms with Crippen LogP contribution in [0.2, 0.25) is 0 Å². The van der Waals surface area contributed by atoms with E-state index in [1.54, 1.807) is 11.1 Å². The van der Waals surface area contributed by atoms with Crippen molar-refractivity contribution in [2.75, 3.05) is 0 Å². The van der Waals surface area contributed by atoms with E-state index in [-0.39, 0.29) is 16.9 Å². The van der Waals surface area contributed by atoms with E-state index < -0.39 is 0 Å². The molecule has 1 heteroatoms. The molecule has 1 N–H and O–H groups in total. The molecule has 0 spiro atoms. The first-order valence-electron chi connectivity index (χ1n) is 13.1. The van der Waals surface area contributed by atoms with Crippen LogP contribution >= 0.6 is 0 Å². The van der Waals surface area contributed by atoms with Crippen molar-refractivity contribution in [2.45, 2.75) is 119 Å². The van der Waals surface area contributed by atoms with Gasteiger partial charge in [-0.05, 0) is 74.0 Å². The summed E-state index contributed by atoms with van der Waals surface area (Å²) in [4.78, 5) is 0. The first-order valence-corrected chi connectivity index (χ1v) is 13.1.